The van der Waals surface area contributed by atoms with E-state index in [0.29, 0.717) is 16.3 Å². The van der Waals surface area contributed by atoms with E-state index in [-0.39, 0.29) is 5.91 Å². The summed E-state index contributed by atoms with van der Waals surface area (Å²) in [5.74, 6) is -0.168. The second-order valence-electron chi connectivity index (χ2n) is 4.53. The minimum Gasteiger partial charge on any atom is -0.319 e. The molecule has 0 aromatic carbocycles. The second kappa shape index (κ2) is 5.45. The summed E-state index contributed by atoms with van der Waals surface area (Å²) in [7, 11) is 1.80. The number of anilines is 1. The van der Waals surface area contributed by atoms with Crippen molar-refractivity contribution in [2.75, 3.05) is 5.32 Å². The summed E-state index contributed by atoms with van der Waals surface area (Å²) in [5, 5.41) is 7.65. The smallest absolute Gasteiger partial charge is 0.267 e. The number of amides is 1. The van der Waals surface area contributed by atoms with E-state index in [1.165, 1.54) is 11.3 Å². The highest BCUT2D eigenvalue weighted by Gasteiger charge is 2.16. The van der Waals surface area contributed by atoms with Gasteiger partial charge in [-0.15, -0.1) is 11.3 Å². The zero-order valence-corrected chi connectivity index (χ0v) is 12.4. The first kappa shape index (κ1) is 13.4. The van der Waals surface area contributed by atoms with Crippen LogP contribution in [0.2, 0.25) is 0 Å². The van der Waals surface area contributed by atoms with E-state index in [9.17, 15) is 4.79 Å². The number of aryl methyl sites for hydroxylation is 2. The Labute approximate surface area is 125 Å². The van der Waals surface area contributed by atoms with Gasteiger partial charge in [0.05, 0.1) is 17.6 Å². The average Bonchev–Trinajstić information content (AvgIpc) is 3.06. The number of hydrogen-bond acceptors (Lipinski definition) is 5. The van der Waals surface area contributed by atoms with Crippen molar-refractivity contribution < 1.29 is 4.79 Å². The van der Waals surface area contributed by atoms with Gasteiger partial charge in [-0.25, -0.2) is 4.98 Å². The van der Waals surface area contributed by atoms with Crippen molar-refractivity contribution in [3.8, 4) is 10.6 Å². The Morgan fingerprint density at radius 1 is 1.33 bits per heavy atom. The van der Waals surface area contributed by atoms with E-state index in [4.69, 9.17) is 0 Å². The van der Waals surface area contributed by atoms with Crippen molar-refractivity contribution in [2.45, 2.75) is 6.92 Å². The predicted octanol–water partition coefficient (Wildman–Crippen LogP) is 2.50. The van der Waals surface area contributed by atoms with Gasteiger partial charge in [-0.2, -0.15) is 5.10 Å². The molecule has 7 heteroatoms. The van der Waals surface area contributed by atoms with E-state index in [2.05, 4.69) is 20.4 Å². The normalized spacial score (nSPS) is 10.6. The number of thiazole rings is 1. The Hall–Kier alpha value is -2.54. The minimum atomic E-state index is -0.168. The Morgan fingerprint density at radius 3 is 2.76 bits per heavy atom. The van der Waals surface area contributed by atoms with Gasteiger partial charge in [-0.3, -0.25) is 14.5 Å². The molecule has 0 saturated carbocycles. The maximum atomic E-state index is 12.3. The highest BCUT2D eigenvalue weighted by atomic mass is 32.1. The van der Waals surface area contributed by atoms with E-state index in [1.807, 2.05) is 19.1 Å². The number of rotatable bonds is 3. The molecule has 0 atom stereocenters. The van der Waals surface area contributed by atoms with Gasteiger partial charge >= 0.3 is 0 Å². The Bertz CT molecular complexity index is 778. The fourth-order valence-corrected chi connectivity index (χ4v) is 2.87. The summed E-state index contributed by atoms with van der Waals surface area (Å²) in [4.78, 5) is 21.3. The molecule has 6 nitrogen and oxygen atoms in total. The van der Waals surface area contributed by atoms with E-state index in [0.717, 1.165) is 10.6 Å². The van der Waals surface area contributed by atoms with Gasteiger partial charge in [-0.05, 0) is 19.1 Å². The van der Waals surface area contributed by atoms with Crippen LogP contribution in [0, 0.1) is 6.92 Å². The summed E-state index contributed by atoms with van der Waals surface area (Å²) in [6.45, 7) is 1.83. The highest BCUT2D eigenvalue weighted by Crippen LogP contribution is 2.27. The summed E-state index contributed by atoms with van der Waals surface area (Å²) in [5.41, 5.74) is 2.34. The summed E-state index contributed by atoms with van der Waals surface area (Å²) in [6.07, 6.45) is 6.78. The molecule has 0 bridgehead atoms. The molecule has 0 spiro atoms. The lowest BCUT2D eigenvalue weighted by atomic mass is 10.3. The molecule has 3 aromatic rings. The third-order valence-corrected chi connectivity index (χ3v) is 4.10. The minimum absolute atomic E-state index is 0.168. The van der Waals surface area contributed by atoms with Crippen molar-refractivity contribution in [1.29, 1.82) is 0 Å². The van der Waals surface area contributed by atoms with Crippen molar-refractivity contribution in [3.05, 3.63) is 47.5 Å². The first-order valence-corrected chi connectivity index (χ1v) is 7.13. The number of carbonyl (C=O) groups excluding carboxylic acids is 1. The largest absolute Gasteiger partial charge is 0.319 e. The van der Waals surface area contributed by atoms with Gasteiger partial charge in [0.25, 0.3) is 5.91 Å². The standard InChI is InChI=1S/C14H13N5OS/c1-9-12(13(20)18-11-7-16-19(2)8-11)21-14(17-9)10-3-5-15-6-4-10/h3-8H,1-2H3,(H,18,20). The monoisotopic (exact) mass is 299 g/mol. The van der Waals surface area contributed by atoms with Gasteiger partial charge in [0.15, 0.2) is 0 Å². The molecule has 1 N–H and O–H groups in total. The van der Waals surface area contributed by atoms with Gasteiger partial charge < -0.3 is 5.32 Å². The van der Waals surface area contributed by atoms with E-state index in [1.54, 1.807) is 36.5 Å². The van der Waals surface area contributed by atoms with Crippen LogP contribution in [-0.2, 0) is 7.05 Å². The average molecular weight is 299 g/mol. The van der Waals surface area contributed by atoms with E-state index < -0.39 is 0 Å². The number of nitrogens with one attached hydrogen (secondary N) is 1. The lowest BCUT2D eigenvalue weighted by Crippen LogP contribution is -2.10. The van der Waals surface area contributed by atoms with Crippen LogP contribution in [0.5, 0.6) is 0 Å². The van der Waals surface area contributed by atoms with Crippen LogP contribution in [0.3, 0.4) is 0 Å². The summed E-state index contributed by atoms with van der Waals surface area (Å²) < 4.78 is 1.64. The molecule has 0 aliphatic carbocycles. The van der Waals surface area contributed by atoms with Gasteiger partial charge in [-0.1, -0.05) is 0 Å². The molecule has 0 aliphatic heterocycles. The summed E-state index contributed by atoms with van der Waals surface area (Å²) >= 11 is 1.37. The lowest BCUT2D eigenvalue weighted by Gasteiger charge is -1.99. The van der Waals surface area contributed by atoms with Gasteiger partial charge in [0, 0.05) is 31.2 Å². The number of carbonyl (C=O) groups is 1. The third kappa shape index (κ3) is 2.82. The highest BCUT2D eigenvalue weighted by molar-refractivity contribution is 7.17. The topological polar surface area (TPSA) is 72.7 Å². The molecular weight excluding hydrogens is 286 g/mol. The maximum absolute atomic E-state index is 12.3. The van der Waals surface area contributed by atoms with Crippen LogP contribution in [0.4, 0.5) is 5.69 Å². The third-order valence-electron chi connectivity index (χ3n) is 2.89. The Balaban J connectivity index is 1.86. The number of aromatic nitrogens is 4. The van der Waals surface area contributed by atoms with Crippen LogP contribution < -0.4 is 5.32 Å². The van der Waals surface area contributed by atoms with Gasteiger partial charge in [0.1, 0.15) is 9.88 Å². The van der Waals surface area contributed by atoms with Crippen molar-refractivity contribution >= 4 is 22.9 Å². The van der Waals surface area contributed by atoms with Crippen LogP contribution in [-0.4, -0.2) is 25.7 Å². The first-order valence-electron chi connectivity index (χ1n) is 6.31. The molecule has 3 rings (SSSR count). The fourth-order valence-electron chi connectivity index (χ4n) is 1.90. The fraction of sp³-hybridized carbons (Fsp3) is 0.143. The van der Waals surface area contributed by atoms with Crippen LogP contribution in [0.25, 0.3) is 10.6 Å². The number of pyridine rings is 1. The zero-order valence-electron chi connectivity index (χ0n) is 11.6. The summed E-state index contributed by atoms with van der Waals surface area (Å²) in [6, 6.07) is 3.75. The van der Waals surface area contributed by atoms with Crippen LogP contribution >= 0.6 is 11.3 Å². The SMILES string of the molecule is Cc1nc(-c2ccncc2)sc1C(=O)Nc1cnn(C)c1. The Morgan fingerprint density at radius 2 is 2.10 bits per heavy atom. The van der Waals surface area contributed by atoms with Crippen LogP contribution in [0.1, 0.15) is 15.4 Å². The molecule has 0 aliphatic rings. The first-order chi connectivity index (χ1) is 10.1. The van der Waals surface area contributed by atoms with Crippen molar-refractivity contribution in [3.63, 3.8) is 0 Å². The number of hydrogen-bond donors (Lipinski definition) is 1. The molecule has 3 heterocycles. The maximum Gasteiger partial charge on any atom is 0.267 e. The molecule has 21 heavy (non-hydrogen) atoms. The molecule has 106 valence electrons. The Kier molecular flexibility index (Phi) is 3.49. The van der Waals surface area contributed by atoms with Crippen LogP contribution in [0.15, 0.2) is 36.9 Å². The van der Waals surface area contributed by atoms with E-state index >= 15 is 0 Å². The van der Waals surface area contributed by atoms with Crippen molar-refractivity contribution in [1.82, 2.24) is 19.7 Å². The van der Waals surface area contributed by atoms with Gasteiger partial charge in [0.2, 0.25) is 0 Å². The molecule has 0 unspecified atom stereocenters. The molecular formula is C14H13N5OS. The molecule has 0 radical (unpaired) electrons. The molecule has 1 amide bonds. The second-order valence-corrected chi connectivity index (χ2v) is 5.53. The molecule has 0 fully saturated rings. The predicted molar refractivity (Wildman–Crippen MR) is 81.2 cm³/mol. The molecule has 0 saturated heterocycles. The molecule has 3 aromatic heterocycles. The number of nitrogens with zero attached hydrogens (tertiary/aromatic N) is 4. The quantitative estimate of drug-likeness (QED) is 0.806. The zero-order chi connectivity index (χ0) is 14.8. The lowest BCUT2D eigenvalue weighted by molar-refractivity contribution is 0.103. The van der Waals surface area contributed by atoms with Crippen molar-refractivity contribution in [2.24, 2.45) is 7.05 Å².